The number of hydrogen-bond acceptors (Lipinski definition) is 7. The zero-order valence-corrected chi connectivity index (χ0v) is 23.2. The van der Waals surface area contributed by atoms with Gasteiger partial charge in [0.2, 0.25) is 21.8 Å². The number of carbonyl (C=O) groups excluding carboxylic acids is 2. The van der Waals surface area contributed by atoms with Gasteiger partial charge in [0.05, 0.1) is 17.8 Å². The lowest BCUT2D eigenvalue weighted by Gasteiger charge is -2.37. The highest BCUT2D eigenvalue weighted by Crippen LogP contribution is 2.65. The lowest BCUT2D eigenvalue weighted by Crippen LogP contribution is -2.59. The second kappa shape index (κ2) is 9.47. The summed E-state index contributed by atoms with van der Waals surface area (Å²) in [5.41, 5.74) is -0.342. The van der Waals surface area contributed by atoms with Crippen LogP contribution in [0.1, 0.15) is 40.2 Å². The number of carbonyl (C=O) groups is 2. The average molecular weight is 543 g/mol. The first kappa shape index (κ1) is 27.7. The summed E-state index contributed by atoms with van der Waals surface area (Å²) in [7, 11) is -3.70. The van der Waals surface area contributed by atoms with Crippen molar-refractivity contribution in [1.29, 1.82) is 5.26 Å². The molecule has 1 aliphatic carbocycles. The van der Waals surface area contributed by atoms with Gasteiger partial charge >= 0.3 is 0 Å². The van der Waals surface area contributed by atoms with E-state index in [0.29, 0.717) is 23.0 Å². The SMILES string of the molecule is CC(C)(C)[C@H](NS(C)(=O)=O)C(=O)N1C[C@H]2[C@@H]([C@H]1C(=O)N[C@H](C#N)Cc1cc3cnccc3[nH]c1=O)C2(C)C. The van der Waals surface area contributed by atoms with Gasteiger partial charge in [0.25, 0.3) is 5.56 Å². The van der Waals surface area contributed by atoms with Gasteiger partial charge in [0, 0.05) is 36.3 Å². The van der Waals surface area contributed by atoms with Gasteiger partial charge in [-0.3, -0.25) is 19.4 Å². The number of sulfonamides is 1. The highest BCUT2D eigenvalue weighted by Gasteiger charge is 2.69. The molecule has 3 N–H and O–H groups in total. The number of nitrogens with zero attached hydrogens (tertiary/aromatic N) is 3. The van der Waals surface area contributed by atoms with Crippen molar-refractivity contribution < 1.29 is 18.0 Å². The molecule has 12 heteroatoms. The van der Waals surface area contributed by atoms with E-state index in [4.69, 9.17) is 0 Å². The molecule has 11 nitrogen and oxygen atoms in total. The molecule has 2 amide bonds. The Labute approximate surface area is 222 Å². The van der Waals surface area contributed by atoms with E-state index in [9.17, 15) is 28.1 Å². The standard InChI is InChI=1S/C26H34N6O5S/c1-25(2,3)21(31-38(6,36)37)24(35)32-13-17-19(26(17,4)5)20(32)23(34)29-16(11-27)10-14-9-15-12-28-8-7-18(15)30-22(14)33/h7-9,12,16-17,19-21,31H,10,13H2,1-6H3,(H,29,34)(H,30,33)/t16-,17-,19-,20-,21+/m0/s1. The zero-order chi connectivity index (χ0) is 28.2. The van der Waals surface area contributed by atoms with E-state index in [1.165, 1.54) is 4.90 Å². The number of H-pyrrole nitrogens is 1. The molecular weight excluding hydrogens is 508 g/mol. The van der Waals surface area contributed by atoms with E-state index in [0.717, 1.165) is 6.26 Å². The van der Waals surface area contributed by atoms with Crippen molar-refractivity contribution in [3.05, 3.63) is 40.4 Å². The minimum atomic E-state index is -3.70. The number of amides is 2. The van der Waals surface area contributed by atoms with Gasteiger partial charge in [-0.15, -0.1) is 0 Å². The van der Waals surface area contributed by atoms with Crippen LogP contribution in [0.5, 0.6) is 0 Å². The third-order valence-electron chi connectivity index (χ3n) is 7.82. The molecule has 1 saturated carbocycles. The Kier molecular flexibility index (Phi) is 6.91. The van der Waals surface area contributed by atoms with E-state index >= 15 is 0 Å². The molecule has 0 aromatic carbocycles. The van der Waals surface area contributed by atoms with Crippen LogP contribution in [0.4, 0.5) is 0 Å². The van der Waals surface area contributed by atoms with E-state index < -0.39 is 45.4 Å². The maximum absolute atomic E-state index is 13.7. The van der Waals surface area contributed by atoms with Crippen molar-refractivity contribution >= 4 is 32.7 Å². The number of likely N-dealkylation sites (tertiary alicyclic amines) is 1. The van der Waals surface area contributed by atoms with E-state index in [1.807, 2.05) is 13.8 Å². The summed E-state index contributed by atoms with van der Waals surface area (Å²) in [6.07, 6.45) is 4.13. The van der Waals surface area contributed by atoms with Crippen LogP contribution in [0.25, 0.3) is 10.9 Å². The van der Waals surface area contributed by atoms with Gasteiger partial charge in [0.15, 0.2) is 0 Å². The number of fused-ring (bicyclic) bond motifs is 2. The summed E-state index contributed by atoms with van der Waals surface area (Å²) in [6, 6.07) is 2.44. The van der Waals surface area contributed by atoms with Gasteiger partial charge < -0.3 is 15.2 Å². The molecule has 4 rings (SSSR count). The van der Waals surface area contributed by atoms with E-state index in [-0.39, 0.29) is 29.2 Å². The number of aromatic nitrogens is 2. The summed E-state index contributed by atoms with van der Waals surface area (Å²) in [5, 5.41) is 13.3. The van der Waals surface area contributed by atoms with Crippen molar-refractivity contribution in [2.24, 2.45) is 22.7 Å². The van der Waals surface area contributed by atoms with Crippen LogP contribution in [0, 0.1) is 34.0 Å². The van der Waals surface area contributed by atoms with Crippen LogP contribution in [-0.2, 0) is 26.0 Å². The third kappa shape index (κ3) is 5.31. The largest absolute Gasteiger partial charge is 0.338 e. The Morgan fingerprint density at radius 3 is 2.63 bits per heavy atom. The molecular formula is C26H34N6O5S. The van der Waals surface area contributed by atoms with Crippen molar-refractivity contribution in [3.63, 3.8) is 0 Å². The van der Waals surface area contributed by atoms with Gasteiger partial charge in [-0.2, -0.15) is 5.26 Å². The lowest BCUT2D eigenvalue weighted by atomic mass is 9.86. The first-order valence-corrected chi connectivity index (χ1v) is 14.4. The van der Waals surface area contributed by atoms with E-state index in [2.05, 4.69) is 26.1 Å². The summed E-state index contributed by atoms with van der Waals surface area (Å²) >= 11 is 0. The fourth-order valence-electron chi connectivity index (χ4n) is 5.64. The Morgan fingerprint density at radius 2 is 2.03 bits per heavy atom. The number of hydrogen-bond donors (Lipinski definition) is 3. The molecule has 204 valence electrons. The summed E-state index contributed by atoms with van der Waals surface area (Å²) < 4.78 is 26.5. The zero-order valence-electron chi connectivity index (χ0n) is 22.4. The first-order chi connectivity index (χ1) is 17.5. The molecule has 2 aromatic heterocycles. The molecule has 2 aliphatic rings. The molecule has 1 saturated heterocycles. The summed E-state index contributed by atoms with van der Waals surface area (Å²) in [5.74, 6) is -1.01. The quantitative estimate of drug-likeness (QED) is 0.468. The monoisotopic (exact) mass is 542 g/mol. The average Bonchev–Trinajstić information content (AvgIpc) is 3.14. The Morgan fingerprint density at radius 1 is 1.34 bits per heavy atom. The number of rotatable bonds is 7. The first-order valence-electron chi connectivity index (χ1n) is 12.5. The van der Waals surface area contributed by atoms with E-state index in [1.54, 1.807) is 45.3 Å². The predicted octanol–water partition coefficient (Wildman–Crippen LogP) is 0.921. The third-order valence-corrected chi connectivity index (χ3v) is 8.49. The highest BCUT2D eigenvalue weighted by atomic mass is 32.2. The Bertz CT molecular complexity index is 1490. The molecule has 1 aliphatic heterocycles. The number of piperidine rings is 1. The van der Waals surface area contributed by atoms with Gasteiger partial charge in [-0.1, -0.05) is 34.6 Å². The van der Waals surface area contributed by atoms with Crippen LogP contribution < -0.4 is 15.6 Å². The molecule has 0 unspecified atom stereocenters. The predicted molar refractivity (Wildman–Crippen MR) is 141 cm³/mol. The van der Waals surface area contributed by atoms with Crippen molar-refractivity contribution in [2.75, 3.05) is 12.8 Å². The fourth-order valence-corrected chi connectivity index (χ4v) is 6.52. The van der Waals surface area contributed by atoms with Gasteiger partial charge in [-0.05, 0) is 34.8 Å². The molecule has 0 bridgehead atoms. The summed E-state index contributed by atoms with van der Waals surface area (Å²) in [4.78, 5) is 48.1. The molecule has 0 radical (unpaired) electrons. The molecule has 3 heterocycles. The van der Waals surface area contributed by atoms with Crippen LogP contribution in [0.15, 0.2) is 29.3 Å². The molecule has 0 spiro atoms. The van der Waals surface area contributed by atoms with Crippen molar-refractivity contribution in [1.82, 2.24) is 24.9 Å². The minimum Gasteiger partial charge on any atom is -0.338 e. The summed E-state index contributed by atoms with van der Waals surface area (Å²) in [6.45, 7) is 9.65. The maximum atomic E-state index is 13.7. The normalized spacial score (nSPS) is 23.8. The Hall–Kier alpha value is -3.30. The number of pyridine rings is 2. The van der Waals surface area contributed by atoms with Crippen molar-refractivity contribution in [2.45, 2.75) is 59.2 Å². The van der Waals surface area contributed by atoms with Crippen molar-refractivity contribution in [3.8, 4) is 6.07 Å². The Balaban J connectivity index is 1.58. The minimum absolute atomic E-state index is 0.0270. The second-order valence-electron chi connectivity index (χ2n) is 12.1. The highest BCUT2D eigenvalue weighted by molar-refractivity contribution is 7.88. The second-order valence-corrected chi connectivity index (χ2v) is 13.8. The lowest BCUT2D eigenvalue weighted by molar-refractivity contribution is -0.143. The molecule has 38 heavy (non-hydrogen) atoms. The van der Waals surface area contributed by atoms with Crippen LogP contribution in [0.2, 0.25) is 0 Å². The van der Waals surface area contributed by atoms with Crippen LogP contribution in [0.3, 0.4) is 0 Å². The van der Waals surface area contributed by atoms with Crippen LogP contribution >= 0.6 is 0 Å². The maximum Gasteiger partial charge on any atom is 0.251 e. The van der Waals surface area contributed by atoms with Gasteiger partial charge in [-0.25, -0.2) is 13.1 Å². The number of aromatic amines is 1. The molecule has 2 aromatic rings. The molecule has 5 atom stereocenters. The topological polar surface area (TPSA) is 165 Å². The smallest absolute Gasteiger partial charge is 0.251 e. The molecule has 2 fully saturated rings. The van der Waals surface area contributed by atoms with Crippen LogP contribution in [-0.4, -0.2) is 66.0 Å². The van der Waals surface area contributed by atoms with Gasteiger partial charge in [0.1, 0.15) is 18.1 Å². The number of nitriles is 1. The fraction of sp³-hybridized carbons (Fsp3) is 0.577. The number of nitrogens with one attached hydrogen (secondary N) is 3.